The molecule has 0 saturated carbocycles. The Balaban J connectivity index is 2.48. The fraction of sp³-hybridized carbons (Fsp3) is 0.857. The highest BCUT2D eigenvalue weighted by atomic mass is 16.4. The van der Waals surface area contributed by atoms with Gasteiger partial charge in [0.25, 0.3) is 0 Å². The molecule has 1 rings (SSSR count). The van der Waals surface area contributed by atoms with Crippen molar-refractivity contribution in [1.29, 1.82) is 0 Å². The molecule has 1 heterocycles. The van der Waals surface area contributed by atoms with Gasteiger partial charge in [0.1, 0.15) is 6.04 Å². The maximum Gasteiger partial charge on any atom is 0.320 e. The van der Waals surface area contributed by atoms with Crippen LogP contribution in [-0.4, -0.2) is 47.6 Å². The van der Waals surface area contributed by atoms with E-state index in [4.69, 9.17) is 0 Å². The first-order valence-corrected chi connectivity index (χ1v) is 7.38. The monoisotopic (exact) mass is 270 g/mol. The zero-order valence-electron chi connectivity index (χ0n) is 11.9. The average Bonchev–Trinajstić information content (AvgIpc) is 2.32. The number of carbonyl (C=O) groups is 2. The molecule has 0 aliphatic carbocycles. The highest BCUT2D eigenvalue weighted by Gasteiger charge is 2.27. The minimum atomic E-state index is -0.803. The lowest BCUT2D eigenvalue weighted by Crippen LogP contribution is -2.47. The average molecular weight is 270 g/mol. The zero-order chi connectivity index (χ0) is 14.1. The van der Waals surface area contributed by atoms with Crippen molar-refractivity contribution in [1.82, 2.24) is 10.2 Å². The van der Waals surface area contributed by atoms with Crippen LogP contribution in [0.3, 0.4) is 0 Å². The van der Waals surface area contributed by atoms with Crippen LogP contribution in [-0.2, 0) is 9.59 Å². The molecule has 2 N–H and O–H groups in total. The standard InChI is InChI=1S/C14H26N2O3/c1-2-3-9-15-13(17)11-16-10-7-5-4-6-8-12(16)14(18)19/h12H,2-11H2,1H3,(H,15,17)(H,18,19). The second-order valence-electron chi connectivity index (χ2n) is 5.23. The first-order chi connectivity index (χ1) is 9.15. The van der Waals surface area contributed by atoms with E-state index in [1.165, 1.54) is 0 Å². The third-order valence-corrected chi connectivity index (χ3v) is 3.60. The molecule has 1 unspecified atom stereocenters. The lowest BCUT2D eigenvalue weighted by atomic mass is 10.0. The van der Waals surface area contributed by atoms with Crippen LogP contribution in [0.2, 0.25) is 0 Å². The number of carboxylic acid groups (broad SMARTS) is 1. The number of rotatable bonds is 6. The fourth-order valence-electron chi connectivity index (χ4n) is 2.46. The normalized spacial score (nSPS) is 21.4. The molecular weight excluding hydrogens is 244 g/mol. The summed E-state index contributed by atoms with van der Waals surface area (Å²) in [6.07, 6.45) is 6.80. The van der Waals surface area contributed by atoms with Crippen LogP contribution in [0, 0.1) is 0 Å². The Morgan fingerprint density at radius 2 is 2.00 bits per heavy atom. The molecule has 1 aliphatic heterocycles. The molecule has 1 fully saturated rings. The lowest BCUT2D eigenvalue weighted by Gasteiger charge is -2.30. The minimum Gasteiger partial charge on any atom is -0.480 e. The van der Waals surface area contributed by atoms with E-state index in [-0.39, 0.29) is 12.5 Å². The third-order valence-electron chi connectivity index (χ3n) is 3.60. The van der Waals surface area contributed by atoms with E-state index in [1.54, 1.807) is 0 Å². The van der Waals surface area contributed by atoms with Gasteiger partial charge < -0.3 is 10.4 Å². The summed E-state index contributed by atoms with van der Waals surface area (Å²) in [4.78, 5) is 24.9. The van der Waals surface area contributed by atoms with E-state index < -0.39 is 12.0 Å². The summed E-state index contributed by atoms with van der Waals surface area (Å²) in [5.74, 6) is -0.858. The quantitative estimate of drug-likeness (QED) is 0.720. The second-order valence-corrected chi connectivity index (χ2v) is 5.23. The van der Waals surface area contributed by atoms with Gasteiger partial charge in [-0.2, -0.15) is 0 Å². The van der Waals surface area contributed by atoms with E-state index in [0.717, 1.165) is 38.5 Å². The van der Waals surface area contributed by atoms with Gasteiger partial charge >= 0.3 is 5.97 Å². The Kier molecular flexibility index (Phi) is 7.48. The molecule has 1 saturated heterocycles. The topological polar surface area (TPSA) is 69.6 Å². The number of carbonyl (C=O) groups excluding carboxylic acids is 1. The summed E-state index contributed by atoms with van der Waals surface area (Å²) in [5, 5.41) is 12.1. The number of aliphatic carboxylic acids is 1. The number of carboxylic acids is 1. The highest BCUT2D eigenvalue weighted by Crippen LogP contribution is 2.16. The molecule has 1 aliphatic rings. The van der Waals surface area contributed by atoms with Crippen molar-refractivity contribution < 1.29 is 14.7 Å². The van der Waals surface area contributed by atoms with Gasteiger partial charge in [0, 0.05) is 6.54 Å². The number of nitrogens with zero attached hydrogens (tertiary/aromatic N) is 1. The van der Waals surface area contributed by atoms with E-state index in [0.29, 0.717) is 19.5 Å². The van der Waals surface area contributed by atoms with E-state index in [9.17, 15) is 14.7 Å². The van der Waals surface area contributed by atoms with Crippen molar-refractivity contribution in [2.75, 3.05) is 19.6 Å². The predicted octanol–water partition coefficient (Wildman–Crippen LogP) is 1.62. The first-order valence-electron chi connectivity index (χ1n) is 7.38. The predicted molar refractivity (Wildman–Crippen MR) is 74.0 cm³/mol. The van der Waals surface area contributed by atoms with Crippen LogP contribution in [0.15, 0.2) is 0 Å². The van der Waals surface area contributed by atoms with Crippen molar-refractivity contribution in [2.24, 2.45) is 0 Å². The number of likely N-dealkylation sites (tertiary alicyclic amines) is 1. The summed E-state index contributed by atoms with van der Waals surface area (Å²) >= 11 is 0. The Bertz CT molecular complexity index is 294. The van der Waals surface area contributed by atoms with Crippen molar-refractivity contribution in [3.63, 3.8) is 0 Å². The molecule has 0 bridgehead atoms. The molecule has 5 nitrogen and oxygen atoms in total. The van der Waals surface area contributed by atoms with Crippen molar-refractivity contribution in [3.05, 3.63) is 0 Å². The van der Waals surface area contributed by atoms with Crippen molar-refractivity contribution >= 4 is 11.9 Å². The summed E-state index contributed by atoms with van der Waals surface area (Å²) in [5.41, 5.74) is 0. The molecule has 110 valence electrons. The molecule has 1 atom stereocenters. The van der Waals surface area contributed by atoms with Gasteiger partial charge in [-0.3, -0.25) is 14.5 Å². The van der Waals surface area contributed by atoms with Gasteiger partial charge in [-0.25, -0.2) is 0 Å². The summed E-state index contributed by atoms with van der Waals surface area (Å²) in [6, 6.07) is -0.503. The summed E-state index contributed by atoms with van der Waals surface area (Å²) < 4.78 is 0. The Hall–Kier alpha value is -1.10. The third kappa shape index (κ3) is 6.05. The van der Waals surface area contributed by atoms with Gasteiger partial charge in [-0.1, -0.05) is 32.6 Å². The minimum absolute atomic E-state index is 0.0553. The van der Waals surface area contributed by atoms with Crippen LogP contribution >= 0.6 is 0 Å². The van der Waals surface area contributed by atoms with Crippen LogP contribution in [0.4, 0.5) is 0 Å². The largest absolute Gasteiger partial charge is 0.480 e. The summed E-state index contributed by atoms with van der Waals surface area (Å²) in [7, 11) is 0. The molecule has 0 aromatic heterocycles. The second kappa shape index (κ2) is 8.91. The lowest BCUT2D eigenvalue weighted by molar-refractivity contribution is -0.144. The van der Waals surface area contributed by atoms with Crippen LogP contribution in [0.5, 0.6) is 0 Å². The van der Waals surface area contributed by atoms with Crippen LogP contribution < -0.4 is 5.32 Å². The molecule has 0 radical (unpaired) electrons. The Labute approximate surface area is 115 Å². The van der Waals surface area contributed by atoms with Gasteiger partial charge in [-0.05, 0) is 25.8 Å². The number of hydrogen-bond acceptors (Lipinski definition) is 3. The molecule has 19 heavy (non-hydrogen) atoms. The van der Waals surface area contributed by atoms with Crippen molar-refractivity contribution in [3.8, 4) is 0 Å². The first kappa shape index (κ1) is 16.0. The SMILES string of the molecule is CCCCNC(=O)CN1CCCCCCC1C(=O)O. The van der Waals surface area contributed by atoms with Gasteiger partial charge in [-0.15, -0.1) is 0 Å². The Morgan fingerprint density at radius 3 is 2.68 bits per heavy atom. The number of unbranched alkanes of at least 4 members (excludes halogenated alkanes) is 1. The van der Waals surface area contributed by atoms with Crippen molar-refractivity contribution in [2.45, 2.75) is 57.9 Å². The van der Waals surface area contributed by atoms with Gasteiger partial charge in [0.15, 0.2) is 0 Å². The molecule has 0 aromatic carbocycles. The zero-order valence-corrected chi connectivity index (χ0v) is 11.9. The summed E-state index contributed by atoms with van der Waals surface area (Å²) in [6.45, 7) is 3.67. The van der Waals surface area contributed by atoms with Crippen LogP contribution in [0.25, 0.3) is 0 Å². The van der Waals surface area contributed by atoms with E-state index >= 15 is 0 Å². The molecule has 0 spiro atoms. The number of hydrogen-bond donors (Lipinski definition) is 2. The highest BCUT2D eigenvalue weighted by molar-refractivity contribution is 5.79. The smallest absolute Gasteiger partial charge is 0.320 e. The Morgan fingerprint density at radius 1 is 1.26 bits per heavy atom. The molecule has 5 heteroatoms. The molecule has 0 aromatic rings. The fourth-order valence-corrected chi connectivity index (χ4v) is 2.46. The molecular formula is C14H26N2O3. The number of nitrogens with one attached hydrogen (secondary N) is 1. The van der Waals surface area contributed by atoms with Crippen LogP contribution in [0.1, 0.15) is 51.9 Å². The van der Waals surface area contributed by atoms with E-state index in [2.05, 4.69) is 12.2 Å². The van der Waals surface area contributed by atoms with Gasteiger partial charge in [0.05, 0.1) is 6.54 Å². The maximum atomic E-state index is 11.8. The van der Waals surface area contributed by atoms with Gasteiger partial charge in [0.2, 0.25) is 5.91 Å². The number of amides is 1. The molecule has 1 amide bonds. The maximum absolute atomic E-state index is 11.8. The van der Waals surface area contributed by atoms with E-state index in [1.807, 2.05) is 4.90 Å².